The first kappa shape index (κ1) is 15.7. The fraction of sp³-hybridized carbons (Fsp3) is 0.471. The van der Waals surface area contributed by atoms with Gasteiger partial charge in [-0.15, -0.1) is 0 Å². The summed E-state index contributed by atoms with van der Waals surface area (Å²) in [6.45, 7) is 3.92. The maximum Gasteiger partial charge on any atom is 0.0645 e. The highest BCUT2D eigenvalue weighted by Gasteiger charge is 2.17. The molecule has 0 aliphatic rings. The van der Waals surface area contributed by atoms with Crippen molar-refractivity contribution in [2.24, 2.45) is 5.73 Å². The Morgan fingerprint density at radius 2 is 2.00 bits per heavy atom. The molecule has 0 bridgehead atoms. The second-order valence-electron chi connectivity index (χ2n) is 5.49. The first-order valence-corrected chi connectivity index (χ1v) is 7.76. The van der Waals surface area contributed by atoms with Crippen LogP contribution < -0.4 is 5.73 Å². The highest BCUT2D eigenvalue weighted by molar-refractivity contribution is 5.31. The van der Waals surface area contributed by atoms with E-state index in [0.29, 0.717) is 6.54 Å². The fourth-order valence-electron chi connectivity index (χ4n) is 2.57. The molecule has 0 aliphatic carbocycles. The molecule has 1 unspecified atom stereocenters. The zero-order valence-corrected chi connectivity index (χ0v) is 13.1. The Morgan fingerprint density at radius 1 is 1.24 bits per heavy atom. The lowest BCUT2D eigenvalue weighted by molar-refractivity contribution is 0.245. The minimum absolute atomic E-state index is 0.235. The van der Waals surface area contributed by atoms with E-state index >= 15 is 0 Å². The summed E-state index contributed by atoms with van der Waals surface area (Å²) in [5.74, 6) is 0. The van der Waals surface area contributed by atoms with Gasteiger partial charge in [-0.05, 0) is 32.1 Å². The van der Waals surface area contributed by atoms with Crippen LogP contribution in [-0.4, -0.2) is 34.8 Å². The van der Waals surface area contributed by atoms with Crippen LogP contribution in [0.5, 0.6) is 0 Å². The first-order chi connectivity index (χ1) is 10.3. The number of para-hydroxylation sites is 1. The zero-order chi connectivity index (χ0) is 15.1. The van der Waals surface area contributed by atoms with Crippen molar-refractivity contribution < 1.29 is 0 Å². The van der Waals surface area contributed by atoms with E-state index in [1.165, 1.54) is 24.8 Å². The van der Waals surface area contributed by atoms with Gasteiger partial charge >= 0.3 is 0 Å². The predicted octanol–water partition coefficient (Wildman–Crippen LogP) is 2.99. The molecule has 1 heterocycles. The molecule has 1 aromatic heterocycles. The van der Waals surface area contributed by atoms with Crippen LogP contribution in [0.3, 0.4) is 0 Å². The molecule has 1 atom stereocenters. The SMILES string of the molecule is CCCCCN(C)C(CN)c1cnn(-c2ccccc2)c1. The van der Waals surface area contributed by atoms with E-state index in [0.717, 1.165) is 12.2 Å². The maximum atomic E-state index is 5.98. The van der Waals surface area contributed by atoms with Crippen LogP contribution in [0.2, 0.25) is 0 Å². The maximum absolute atomic E-state index is 5.98. The number of benzene rings is 1. The van der Waals surface area contributed by atoms with Crippen LogP contribution in [0.15, 0.2) is 42.7 Å². The topological polar surface area (TPSA) is 47.1 Å². The van der Waals surface area contributed by atoms with Gasteiger partial charge < -0.3 is 5.73 Å². The van der Waals surface area contributed by atoms with Crippen LogP contribution in [0, 0.1) is 0 Å². The minimum Gasteiger partial charge on any atom is -0.329 e. The van der Waals surface area contributed by atoms with Gasteiger partial charge in [-0.3, -0.25) is 4.90 Å². The van der Waals surface area contributed by atoms with Crippen molar-refractivity contribution in [2.45, 2.75) is 32.2 Å². The Bertz CT molecular complexity index is 521. The van der Waals surface area contributed by atoms with Gasteiger partial charge in [0.25, 0.3) is 0 Å². The quantitative estimate of drug-likeness (QED) is 0.759. The molecule has 4 nitrogen and oxygen atoms in total. The molecular formula is C17H26N4. The van der Waals surface area contributed by atoms with Crippen molar-refractivity contribution in [3.8, 4) is 5.69 Å². The minimum atomic E-state index is 0.235. The van der Waals surface area contributed by atoms with Crippen LogP contribution in [0.4, 0.5) is 0 Å². The molecule has 0 saturated heterocycles. The first-order valence-electron chi connectivity index (χ1n) is 7.76. The lowest BCUT2D eigenvalue weighted by atomic mass is 10.1. The van der Waals surface area contributed by atoms with Gasteiger partial charge in [0.15, 0.2) is 0 Å². The monoisotopic (exact) mass is 286 g/mol. The zero-order valence-electron chi connectivity index (χ0n) is 13.1. The normalized spacial score (nSPS) is 12.8. The summed E-state index contributed by atoms with van der Waals surface area (Å²) in [6, 6.07) is 10.4. The van der Waals surface area contributed by atoms with E-state index in [2.05, 4.69) is 42.3 Å². The highest BCUT2D eigenvalue weighted by atomic mass is 15.3. The molecule has 2 N–H and O–H groups in total. The Hall–Kier alpha value is -1.65. The van der Waals surface area contributed by atoms with Gasteiger partial charge in [0, 0.05) is 24.3 Å². The summed E-state index contributed by atoms with van der Waals surface area (Å²) < 4.78 is 1.91. The summed E-state index contributed by atoms with van der Waals surface area (Å²) in [7, 11) is 2.15. The number of rotatable bonds is 8. The molecule has 1 aromatic carbocycles. The summed E-state index contributed by atoms with van der Waals surface area (Å²) in [4.78, 5) is 2.34. The third kappa shape index (κ3) is 4.16. The molecular weight excluding hydrogens is 260 g/mol. The Labute approximate surface area is 127 Å². The Morgan fingerprint density at radius 3 is 2.67 bits per heavy atom. The summed E-state index contributed by atoms with van der Waals surface area (Å²) in [6.07, 6.45) is 7.75. The molecule has 21 heavy (non-hydrogen) atoms. The number of nitrogens with two attached hydrogens (primary N) is 1. The smallest absolute Gasteiger partial charge is 0.0645 e. The van der Waals surface area contributed by atoms with Crippen molar-refractivity contribution >= 4 is 0 Å². The van der Waals surface area contributed by atoms with E-state index in [-0.39, 0.29) is 6.04 Å². The second kappa shape index (κ2) is 7.96. The predicted molar refractivity (Wildman–Crippen MR) is 87.5 cm³/mol. The van der Waals surface area contributed by atoms with Gasteiger partial charge in [-0.1, -0.05) is 38.0 Å². The second-order valence-corrected chi connectivity index (χ2v) is 5.49. The van der Waals surface area contributed by atoms with E-state index in [1.807, 2.05) is 29.1 Å². The summed E-state index contributed by atoms with van der Waals surface area (Å²) in [5.41, 5.74) is 8.24. The van der Waals surface area contributed by atoms with Crippen LogP contribution in [0.25, 0.3) is 5.69 Å². The molecule has 0 amide bonds. The number of likely N-dealkylation sites (N-methyl/N-ethyl adjacent to an activating group) is 1. The Kier molecular flexibility index (Phi) is 5.96. The lowest BCUT2D eigenvalue weighted by Gasteiger charge is -2.26. The third-order valence-corrected chi connectivity index (χ3v) is 3.88. The molecule has 0 spiro atoms. The molecule has 2 aromatic rings. The number of aromatic nitrogens is 2. The van der Waals surface area contributed by atoms with Gasteiger partial charge in [-0.2, -0.15) is 5.10 Å². The van der Waals surface area contributed by atoms with Gasteiger partial charge in [0.2, 0.25) is 0 Å². The highest BCUT2D eigenvalue weighted by Crippen LogP contribution is 2.19. The largest absolute Gasteiger partial charge is 0.329 e. The summed E-state index contributed by atoms with van der Waals surface area (Å²) in [5, 5.41) is 4.47. The molecule has 0 fully saturated rings. The molecule has 0 radical (unpaired) electrons. The average Bonchev–Trinajstić information content (AvgIpc) is 2.99. The summed E-state index contributed by atoms with van der Waals surface area (Å²) >= 11 is 0. The fourth-order valence-corrected chi connectivity index (χ4v) is 2.57. The van der Waals surface area contributed by atoms with Crippen molar-refractivity contribution in [1.29, 1.82) is 0 Å². The number of nitrogens with zero attached hydrogens (tertiary/aromatic N) is 3. The Balaban J connectivity index is 2.07. The van der Waals surface area contributed by atoms with Crippen LogP contribution in [0.1, 0.15) is 37.8 Å². The van der Waals surface area contributed by atoms with E-state index in [9.17, 15) is 0 Å². The molecule has 0 aliphatic heterocycles. The van der Waals surface area contributed by atoms with E-state index in [4.69, 9.17) is 5.73 Å². The van der Waals surface area contributed by atoms with Crippen LogP contribution >= 0.6 is 0 Å². The standard InChI is InChI=1S/C17H26N4/c1-3-4-8-11-20(2)17(12-18)15-13-19-21(14-15)16-9-6-5-7-10-16/h5-7,9-10,13-14,17H,3-4,8,11-12,18H2,1-2H3. The van der Waals surface area contributed by atoms with E-state index in [1.54, 1.807) is 0 Å². The van der Waals surface area contributed by atoms with Crippen molar-refractivity contribution in [3.63, 3.8) is 0 Å². The van der Waals surface area contributed by atoms with Crippen LogP contribution in [-0.2, 0) is 0 Å². The van der Waals surface area contributed by atoms with E-state index < -0.39 is 0 Å². The molecule has 4 heteroatoms. The van der Waals surface area contributed by atoms with Gasteiger partial charge in [0.05, 0.1) is 11.9 Å². The van der Waals surface area contributed by atoms with Crippen molar-refractivity contribution in [1.82, 2.24) is 14.7 Å². The number of unbranched alkanes of at least 4 members (excludes halogenated alkanes) is 2. The number of hydrogen-bond acceptors (Lipinski definition) is 3. The van der Waals surface area contributed by atoms with Crippen molar-refractivity contribution in [2.75, 3.05) is 20.1 Å². The lowest BCUT2D eigenvalue weighted by Crippen LogP contribution is -2.31. The third-order valence-electron chi connectivity index (χ3n) is 3.88. The average molecular weight is 286 g/mol. The molecule has 0 saturated carbocycles. The van der Waals surface area contributed by atoms with Crippen molar-refractivity contribution in [3.05, 3.63) is 48.3 Å². The molecule has 114 valence electrons. The van der Waals surface area contributed by atoms with Gasteiger partial charge in [0.1, 0.15) is 0 Å². The number of hydrogen-bond donors (Lipinski definition) is 1. The molecule has 2 rings (SSSR count). The van der Waals surface area contributed by atoms with Gasteiger partial charge in [-0.25, -0.2) is 4.68 Å².